The summed E-state index contributed by atoms with van der Waals surface area (Å²) in [4.78, 5) is 28.7. The molecule has 3 aliphatic heterocycles. The summed E-state index contributed by atoms with van der Waals surface area (Å²) in [5, 5.41) is 0. The van der Waals surface area contributed by atoms with Gasteiger partial charge in [-0.2, -0.15) is 0 Å². The molecule has 170 valence electrons. The summed E-state index contributed by atoms with van der Waals surface area (Å²) in [7, 11) is 1.31. The molecule has 0 aromatic heterocycles. The van der Waals surface area contributed by atoms with Gasteiger partial charge in [-0.05, 0) is 76.5 Å². The molecular weight excluding hydrogens is 399 g/mol. The molecule has 1 amide bonds. The zero-order valence-corrected chi connectivity index (χ0v) is 18.9. The van der Waals surface area contributed by atoms with Crippen LogP contribution in [0.3, 0.4) is 0 Å². The summed E-state index contributed by atoms with van der Waals surface area (Å²) in [5.74, 6) is -0.339. The number of piperidine rings is 1. The van der Waals surface area contributed by atoms with E-state index in [0.717, 1.165) is 50.8 Å². The number of amides is 1. The Morgan fingerprint density at radius 2 is 1.84 bits per heavy atom. The number of ether oxygens (including phenoxy) is 2. The lowest BCUT2D eigenvalue weighted by molar-refractivity contribution is -0.000542. The average molecular weight is 433 g/mol. The first kappa shape index (κ1) is 22.1. The normalized spacial score (nSPS) is 25.8. The number of methoxy groups -OCH3 is 1. The van der Waals surface area contributed by atoms with E-state index in [1.807, 2.05) is 25.7 Å². The Labute approximate surface area is 183 Å². The van der Waals surface area contributed by atoms with Crippen molar-refractivity contribution in [3.8, 4) is 0 Å². The number of fused-ring (bicyclic) bond motifs is 3. The molecule has 6 nitrogen and oxygen atoms in total. The van der Waals surface area contributed by atoms with Crippen LogP contribution in [0.25, 0.3) is 0 Å². The summed E-state index contributed by atoms with van der Waals surface area (Å²) >= 11 is 0. The Morgan fingerprint density at radius 3 is 2.45 bits per heavy atom. The minimum atomic E-state index is -0.503. The molecule has 1 aromatic rings. The Balaban J connectivity index is 1.38. The standard InChI is InChI=1S/C24H33FN2O4/c1-24(2,3)31-23(29)27-18-5-6-19(27)10-15(9-18)13-26-8-7-16-11-17(22(28)30-4)12-21(25)20(16)14-26/h11-12,15,18-19H,5-10,13-14H2,1-4H3. The van der Waals surface area contributed by atoms with Gasteiger partial charge in [-0.15, -0.1) is 0 Å². The second kappa shape index (κ2) is 8.41. The van der Waals surface area contributed by atoms with Crippen molar-refractivity contribution >= 4 is 12.1 Å². The van der Waals surface area contributed by atoms with E-state index in [4.69, 9.17) is 9.47 Å². The van der Waals surface area contributed by atoms with Crippen LogP contribution in [-0.2, 0) is 22.4 Å². The minimum absolute atomic E-state index is 0.186. The van der Waals surface area contributed by atoms with Crippen molar-refractivity contribution in [2.24, 2.45) is 5.92 Å². The van der Waals surface area contributed by atoms with E-state index in [2.05, 4.69) is 4.90 Å². The van der Waals surface area contributed by atoms with Crippen LogP contribution >= 0.6 is 0 Å². The molecular formula is C24H33FN2O4. The second-order valence-corrected chi connectivity index (χ2v) is 10.2. The number of nitrogens with zero attached hydrogens (tertiary/aromatic N) is 2. The molecule has 3 aliphatic rings. The first-order chi connectivity index (χ1) is 14.6. The van der Waals surface area contributed by atoms with Crippen molar-refractivity contribution in [3.63, 3.8) is 0 Å². The summed E-state index contributed by atoms with van der Waals surface area (Å²) in [6.45, 7) is 8.03. The number of carbonyl (C=O) groups excluding carboxylic acids is 2. The SMILES string of the molecule is COC(=O)c1cc(F)c2c(c1)CCN(CC1CC3CCC(C1)N3C(=O)OC(C)(C)C)C2. The van der Waals surface area contributed by atoms with E-state index in [1.165, 1.54) is 13.2 Å². The lowest BCUT2D eigenvalue weighted by atomic mass is 9.89. The molecule has 0 spiro atoms. The Kier molecular flexibility index (Phi) is 5.99. The van der Waals surface area contributed by atoms with Gasteiger partial charge in [-0.1, -0.05) is 0 Å². The highest BCUT2D eigenvalue weighted by atomic mass is 19.1. The van der Waals surface area contributed by atoms with Gasteiger partial charge in [0.05, 0.1) is 12.7 Å². The maximum atomic E-state index is 14.7. The van der Waals surface area contributed by atoms with Crippen LogP contribution in [0.5, 0.6) is 0 Å². The maximum absolute atomic E-state index is 14.7. The Morgan fingerprint density at radius 1 is 1.16 bits per heavy atom. The lowest BCUT2D eigenvalue weighted by Gasteiger charge is -2.41. The zero-order valence-electron chi connectivity index (χ0n) is 18.9. The fraction of sp³-hybridized carbons (Fsp3) is 0.667. The van der Waals surface area contributed by atoms with E-state index in [0.29, 0.717) is 18.0 Å². The van der Waals surface area contributed by atoms with Crippen molar-refractivity contribution in [1.82, 2.24) is 9.80 Å². The summed E-state index contributed by atoms with van der Waals surface area (Å²) in [6, 6.07) is 3.54. The predicted molar refractivity (Wildman–Crippen MR) is 114 cm³/mol. The van der Waals surface area contributed by atoms with Gasteiger partial charge in [0.2, 0.25) is 0 Å². The van der Waals surface area contributed by atoms with E-state index in [9.17, 15) is 14.0 Å². The van der Waals surface area contributed by atoms with Crippen LogP contribution in [0.2, 0.25) is 0 Å². The summed E-state index contributed by atoms with van der Waals surface area (Å²) in [5.41, 5.74) is 1.38. The number of benzene rings is 1. The fourth-order valence-electron chi connectivity index (χ4n) is 5.48. The van der Waals surface area contributed by atoms with Crippen LogP contribution in [0.1, 0.15) is 67.9 Å². The van der Waals surface area contributed by atoms with E-state index >= 15 is 0 Å². The van der Waals surface area contributed by atoms with Crippen molar-refractivity contribution in [2.45, 2.75) is 77.1 Å². The van der Waals surface area contributed by atoms with Crippen molar-refractivity contribution < 1.29 is 23.5 Å². The van der Waals surface area contributed by atoms with E-state index in [-0.39, 0.29) is 29.6 Å². The predicted octanol–water partition coefficient (Wildman–Crippen LogP) is 4.15. The fourth-order valence-corrected chi connectivity index (χ4v) is 5.48. The topological polar surface area (TPSA) is 59.1 Å². The molecule has 2 atom stereocenters. The van der Waals surface area contributed by atoms with E-state index in [1.54, 1.807) is 6.07 Å². The molecule has 0 N–H and O–H groups in total. The third-order valence-electron chi connectivity index (χ3n) is 6.74. The molecule has 7 heteroatoms. The largest absolute Gasteiger partial charge is 0.465 e. The van der Waals surface area contributed by atoms with Gasteiger partial charge in [0.25, 0.3) is 0 Å². The molecule has 2 bridgehead atoms. The number of rotatable bonds is 3. The molecule has 0 saturated carbocycles. The monoisotopic (exact) mass is 432 g/mol. The smallest absolute Gasteiger partial charge is 0.410 e. The van der Waals surface area contributed by atoms with Crippen LogP contribution in [-0.4, -0.2) is 59.7 Å². The van der Waals surface area contributed by atoms with Gasteiger partial charge in [0, 0.05) is 37.3 Å². The molecule has 2 unspecified atom stereocenters. The van der Waals surface area contributed by atoms with Gasteiger partial charge in [-0.25, -0.2) is 14.0 Å². The maximum Gasteiger partial charge on any atom is 0.410 e. The van der Waals surface area contributed by atoms with Gasteiger partial charge in [0.15, 0.2) is 0 Å². The minimum Gasteiger partial charge on any atom is -0.465 e. The lowest BCUT2D eigenvalue weighted by Crippen LogP contribution is -2.50. The molecule has 2 fully saturated rings. The molecule has 2 saturated heterocycles. The highest BCUT2D eigenvalue weighted by Gasteiger charge is 2.45. The first-order valence-electron chi connectivity index (χ1n) is 11.3. The van der Waals surface area contributed by atoms with Gasteiger partial charge < -0.3 is 14.4 Å². The molecule has 3 heterocycles. The molecule has 0 aliphatic carbocycles. The number of halogens is 1. The van der Waals surface area contributed by atoms with E-state index < -0.39 is 11.6 Å². The third kappa shape index (κ3) is 4.71. The number of hydrogen-bond acceptors (Lipinski definition) is 5. The van der Waals surface area contributed by atoms with Crippen LogP contribution < -0.4 is 0 Å². The molecule has 31 heavy (non-hydrogen) atoms. The molecule has 0 radical (unpaired) electrons. The third-order valence-corrected chi connectivity index (χ3v) is 6.74. The highest BCUT2D eigenvalue weighted by Crippen LogP contribution is 2.40. The van der Waals surface area contributed by atoms with Crippen molar-refractivity contribution in [2.75, 3.05) is 20.2 Å². The zero-order chi connectivity index (χ0) is 22.3. The van der Waals surface area contributed by atoms with Crippen molar-refractivity contribution in [3.05, 3.63) is 34.6 Å². The highest BCUT2D eigenvalue weighted by molar-refractivity contribution is 5.89. The van der Waals surface area contributed by atoms with Crippen LogP contribution in [0.15, 0.2) is 12.1 Å². The average Bonchev–Trinajstić information content (AvgIpc) is 2.97. The van der Waals surface area contributed by atoms with Crippen LogP contribution in [0, 0.1) is 11.7 Å². The van der Waals surface area contributed by atoms with Crippen LogP contribution in [0.4, 0.5) is 9.18 Å². The molecule has 1 aromatic carbocycles. The van der Waals surface area contributed by atoms with Gasteiger partial charge in [-0.3, -0.25) is 4.90 Å². The Hall–Kier alpha value is -2.15. The summed E-state index contributed by atoms with van der Waals surface area (Å²) < 4.78 is 25.1. The Bertz CT molecular complexity index is 852. The molecule has 4 rings (SSSR count). The van der Waals surface area contributed by atoms with Gasteiger partial charge >= 0.3 is 12.1 Å². The first-order valence-corrected chi connectivity index (χ1v) is 11.3. The van der Waals surface area contributed by atoms with Crippen molar-refractivity contribution in [1.29, 1.82) is 0 Å². The number of hydrogen-bond donors (Lipinski definition) is 0. The quantitative estimate of drug-likeness (QED) is 0.672. The van der Waals surface area contributed by atoms with Gasteiger partial charge in [0.1, 0.15) is 11.4 Å². The summed E-state index contributed by atoms with van der Waals surface area (Å²) in [6.07, 6.45) is 4.56. The second-order valence-electron chi connectivity index (χ2n) is 10.2. The number of esters is 1. The number of carbonyl (C=O) groups is 2.